The molecule has 0 aromatic heterocycles. The number of likely N-dealkylation sites (tertiary alicyclic amines) is 1. The van der Waals surface area contributed by atoms with Crippen LogP contribution in [0.4, 0.5) is 0 Å². The smallest absolute Gasteiger partial charge is 0.306 e. The van der Waals surface area contributed by atoms with Gasteiger partial charge in [0, 0.05) is 19.0 Å². The van der Waals surface area contributed by atoms with Crippen LogP contribution < -0.4 is 0 Å². The van der Waals surface area contributed by atoms with Crippen LogP contribution in [0.5, 0.6) is 0 Å². The molecule has 17 heavy (non-hydrogen) atoms. The third-order valence-electron chi connectivity index (χ3n) is 4.43. The highest BCUT2D eigenvalue weighted by molar-refractivity contribution is 5.81. The van der Waals surface area contributed by atoms with Crippen LogP contribution in [-0.2, 0) is 9.59 Å². The molecule has 4 heteroatoms. The number of hydrogen-bond donors (Lipinski definition) is 1. The summed E-state index contributed by atoms with van der Waals surface area (Å²) < 4.78 is 0. The standard InChI is InChI=1S/C13H21NO3/c1-8-6-14(7-9(8)2)12(15)10-3-4-11(5-10)13(16)17/h8-11H,3-7H2,1-2H3,(H,16,17). The molecule has 1 saturated carbocycles. The van der Waals surface area contributed by atoms with Crippen LogP contribution in [0.25, 0.3) is 0 Å². The Morgan fingerprint density at radius 3 is 2.06 bits per heavy atom. The van der Waals surface area contributed by atoms with E-state index in [-0.39, 0.29) is 17.7 Å². The average molecular weight is 239 g/mol. The van der Waals surface area contributed by atoms with Gasteiger partial charge < -0.3 is 10.0 Å². The summed E-state index contributed by atoms with van der Waals surface area (Å²) in [6.07, 6.45) is 1.94. The first-order valence-corrected chi connectivity index (χ1v) is 6.50. The Bertz CT molecular complexity index is 319. The van der Waals surface area contributed by atoms with Gasteiger partial charge in [0.05, 0.1) is 5.92 Å². The van der Waals surface area contributed by atoms with Crippen molar-refractivity contribution in [2.75, 3.05) is 13.1 Å². The number of carboxylic acids is 1. The Balaban J connectivity index is 1.92. The second-order valence-electron chi connectivity index (χ2n) is 5.74. The van der Waals surface area contributed by atoms with E-state index in [2.05, 4.69) is 13.8 Å². The van der Waals surface area contributed by atoms with Crippen molar-refractivity contribution in [1.29, 1.82) is 0 Å². The van der Waals surface area contributed by atoms with E-state index in [9.17, 15) is 9.59 Å². The Morgan fingerprint density at radius 1 is 1.06 bits per heavy atom. The lowest BCUT2D eigenvalue weighted by molar-refractivity contribution is -0.141. The highest BCUT2D eigenvalue weighted by Crippen LogP contribution is 2.34. The van der Waals surface area contributed by atoms with Gasteiger partial charge >= 0.3 is 5.97 Å². The third-order valence-corrected chi connectivity index (χ3v) is 4.43. The number of carboxylic acid groups (broad SMARTS) is 1. The summed E-state index contributed by atoms with van der Waals surface area (Å²) in [7, 11) is 0. The van der Waals surface area contributed by atoms with Crippen LogP contribution in [-0.4, -0.2) is 35.0 Å². The van der Waals surface area contributed by atoms with E-state index in [4.69, 9.17) is 5.11 Å². The molecule has 4 unspecified atom stereocenters. The molecule has 1 aliphatic carbocycles. The van der Waals surface area contributed by atoms with Crippen molar-refractivity contribution in [1.82, 2.24) is 4.90 Å². The fraction of sp³-hybridized carbons (Fsp3) is 0.846. The van der Waals surface area contributed by atoms with Crippen LogP contribution in [0.3, 0.4) is 0 Å². The number of nitrogens with zero attached hydrogens (tertiary/aromatic N) is 1. The fourth-order valence-electron chi connectivity index (χ4n) is 3.00. The fourth-order valence-corrected chi connectivity index (χ4v) is 3.00. The average Bonchev–Trinajstić information content (AvgIpc) is 2.86. The highest BCUT2D eigenvalue weighted by atomic mass is 16.4. The van der Waals surface area contributed by atoms with Gasteiger partial charge in [0.25, 0.3) is 0 Å². The van der Waals surface area contributed by atoms with E-state index >= 15 is 0 Å². The van der Waals surface area contributed by atoms with Crippen molar-refractivity contribution in [2.45, 2.75) is 33.1 Å². The Hall–Kier alpha value is -1.06. The van der Waals surface area contributed by atoms with Gasteiger partial charge in [-0.15, -0.1) is 0 Å². The Kier molecular flexibility index (Phi) is 3.40. The molecular formula is C13H21NO3. The Labute approximate surface area is 102 Å². The first-order valence-electron chi connectivity index (χ1n) is 6.50. The van der Waals surface area contributed by atoms with Crippen molar-refractivity contribution < 1.29 is 14.7 Å². The highest BCUT2D eigenvalue weighted by Gasteiger charge is 2.38. The van der Waals surface area contributed by atoms with Crippen molar-refractivity contribution in [3.05, 3.63) is 0 Å². The van der Waals surface area contributed by atoms with E-state index in [0.29, 0.717) is 24.7 Å². The molecule has 1 amide bonds. The molecule has 1 heterocycles. The number of carbonyl (C=O) groups excluding carboxylic acids is 1. The minimum absolute atomic E-state index is 0.0476. The molecule has 1 saturated heterocycles. The largest absolute Gasteiger partial charge is 0.481 e. The summed E-state index contributed by atoms with van der Waals surface area (Å²) in [5, 5.41) is 8.94. The summed E-state index contributed by atoms with van der Waals surface area (Å²) in [6.45, 7) is 6.03. The summed E-state index contributed by atoms with van der Waals surface area (Å²) in [5.41, 5.74) is 0. The molecule has 2 aliphatic rings. The summed E-state index contributed by atoms with van der Waals surface area (Å²) >= 11 is 0. The number of amides is 1. The van der Waals surface area contributed by atoms with Gasteiger partial charge in [0.15, 0.2) is 0 Å². The molecular weight excluding hydrogens is 218 g/mol. The van der Waals surface area contributed by atoms with E-state index < -0.39 is 5.97 Å². The predicted octanol–water partition coefficient (Wildman–Crippen LogP) is 1.60. The normalized spacial score (nSPS) is 37.4. The van der Waals surface area contributed by atoms with Crippen molar-refractivity contribution in [3.63, 3.8) is 0 Å². The molecule has 0 aromatic rings. The molecule has 2 fully saturated rings. The lowest BCUT2D eigenvalue weighted by Gasteiger charge is -2.20. The van der Waals surface area contributed by atoms with Crippen LogP contribution in [0, 0.1) is 23.7 Å². The van der Waals surface area contributed by atoms with Crippen LogP contribution in [0.1, 0.15) is 33.1 Å². The minimum atomic E-state index is -0.747. The SMILES string of the molecule is CC1CN(C(=O)C2CCC(C(=O)O)C2)CC1C. The minimum Gasteiger partial charge on any atom is -0.481 e. The molecule has 1 aliphatic heterocycles. The van der Waals surface area contributed by atoms with Crippen molar-refractivity contribution >= 4 is 11.9 Å². The van der Waals surface area contributed by atoms with Gasteiger partial charge in [-0.25, -0.2) is 0 Å². The zero-order chi connectivity index (χ0) is 12.6. The predicted molar refractivity (Wildman–Crippen MR) is 63.4 cm³/mol. The van der Waals surface area contributed by atoms with Gasteiger partial charge in [0.2, 0.25) is 5.91 Å². The first kappa shape index (κ1) is 12.4. The van der Waals surface area contributed by atoms with Crippen LogP contribution in [0.2, 0.25) is 0 Å². The van der Waals surface area contributed by atoms with Gasteiger partial charge in [-0.1, -0.05) is 13.8 Å². The van der Waals surface area contributed by atoms with E-state index in [1.54, 1.807) is 0 Å². The van der Waals surface area contributed by atoms with Gasteiger partial charge in [-0.3, -0.25) is 9.59 Å². The lowest BCUT2D eigenvalue weighted by Crippen LogP contribution is -2.34. The van der Waals surface area contributed by atoms with Gasteiger partial charge in [-0.2, -0.15) is 0 Å². The molecule has 2 rings (SSSR count). The Morgan fingerprint density at radius 2 is 1.59 bits per heavy atom. The van der Waals surface area contributed by atoms with Gasteiger partial charge in [0.1, 0.15) is 0 Å². The topological polar surface area (TPSA) is 57.6 Å². The molecule has 96 valence electrons. The molecule has 4 atom stereocenters. The molecule has 0 bridgehead atoms. The number of aliphatic carboxylic acids is 1. The molecule has 0 spiro atoms. The lowest BCUT2D eigenvalue weighted by atomic mass is 10.0. The van der Waals surface area contributed by atoms with Crippen molar-refractivity contribution in [3.8, 4) is 0 Å². The first-order chi connectivity index (χ1) is 7.99. The monoisotopic (exact) mass is 239 g/mol. The molecule has 0 radical (unpaired) electrons. The third kappa shape index (κ3) is 2.45. The molecule has 4 nitrogen and oxygen atoms in total. The number of carbonyl (C=O) groups is 2. The van der Waals surface area contributed by atoms with E-state index in [1.165, 1.54) is 0 Å². The summed E-state index contributed by atoms with van der Waals surface area (Å²) in [6, 6.07) is 0. The van der Waals surface area contributed by atoms with Crippen LogP contribution >= 0.6 is 0 Å². The second-order valence-corrected chi connectivity index (χ2v) is 5.74. The summed E-state index contributed by atoms with van der Waals surface area (Å²) in [5.74, 6) is 0.217. The summed E-state index contributed by atoms with van der Waals surface area (Å²) in [4.78, 5) is 25.0. The molecule has 1 N–H and O–H groups in total. The number of hydrogen-bond acceptors (Lipinski definition) is 2. The van der Waals surface area contributed by atoms with Gasteiger partial charge in [-0.05, 0) is 31.1 Å². The quantitative estimate of drug-likeness (QED) is 0.796. The maximum atomic E-state index is 12.2. The maximum absolute atomic E-state index is 12.2. The zero-order valence-electron chi connectivity index (χ0n) is 10.6. The van der Waals surface area contributed by atoms with Crippen LogP contribution in [0.15, 0.2) is 0 Å². The zero-order valence-corrected chi connectivity index (χ0v) is 10.6. The second kappa shape index (κ2) is 4.67. The number of rotatable bonds is 2. The maximum Gasteiger partial charge on any atom is 0.306 e. The van der Waals surface area contributed by atoms with E-state index in [1.807, 2.05) is 4.90 Å². The molecule has 0 aromatic carbocycles. The van der Waals surface area contributed by atoms with Crippen molar-refractivity contribution in [2.24, 2.45) is 23.7 Å². The van der Waals surface area contributed by atoms with E-state index in [0.717, 1.165) is 19.5 Å².